The third-order valence-corrected chi connectivity index (χ3v) is 6.48. The maximum atomic E-state index is 15.0. The van der Waals surface area contributed by atoms with Crippen molar-refractivity contribution in [1.29, 1.82) is 0 Å². The number of benzene rings is 1. The molecule has 0 bridgehead atoms. The van der Waals surface area contributed by atoms with Gasteiger partial charge in [-0.05, 0) is 32.6 Å². The third kappa shape index (κ3) is 5.02. The van der Waals surface area contributed by atoms with Gasteiger partial charge in [0.05, 0.1) is 24.7 Å². The number of piperidine rings is 1. The van der Waals surface area contributed by atoms with Crippen LogP contribution in [0.15, 0.2) is 12.1 Å². The zero-order valence-electron chi connectivity index (χ0n) is 18.8. The van der Waals surface area contributed by atoms with Crippen LogP contribution in [0.1, 0.15) is 20.8 Å². The Labute approximate surface area is 205 Å². The molecule has 1 aliphatic carbocycles. The second kappa shape index (κ2) is 9.03. The van der Waals surface area contributed by atoms with E-state index in [4.69, 9.17) is 32.7 Å². The van der Waals surface area contributed by atoms with Gasteiger partial charge in [-0.1, -0.05) is 23.2 Å². The Hall–Kier alpha value is -2.33. The fraction of sp³-hybridized carbons (Fsp3) is 0.591. The van der Waals surface area contributed by atoms with Crippen LogP contribution in [-0.4, -0.2) is 60.7 Å². The summed E-state index contributed by atoms with van der Waals surface area (Å²) in [5, 5.41) is 2.42. The van der Waals surface area contributed by atoms with E-state index in [1.807, 2.05) is 0 Å². The lowest BCUT2D eigenvalue weighted by Gasteiger charge is -2.25. The van der Waals surface area contributed by atoms with Gasteiger partial charge >= 0.3 is 12.1 Å². The second-order valence-electron chi connectivity index (χ2n) is 9.71. The minimum absolute atomic E-state index is 0.00104. The van der Waals surface area contributed by atoms with E-state index in [1.54, 1.807) is 25.7 Å². The molecule has 1 aromatic rings. The fourth-order valence-electron chi connectivity index (χ4n) is 4.57. The maximum absolute atomic E-state index is 15.0. The first kappa shape index (κ1) is 24.8. The van der Waals surface area contributed by atoms with Crippen molar-refractivity contribution < 1.29 is 32.6 Å². The van der Waals surface area contributed by atoms with Crippen LogP contribution in [0, 0.1) is 29.4 Å². The smallest absolute Gasteiger partial charge is 0.414 e. The summed E-state index contributed by atoms with van der Waals surface area (Å²) in [6.45, 7) is 6.02. The quantitative estimate of drug-likeness (QED) is 0.458. The lowest BCUT2D eigenvalue weighted by molar-refractivity contribution is -0.157. The number of ether oxygens (including phenoxy) is 2. The average Bonchev–Trinajstić information content (AvgIpc) is 3.02. The lowest BCUT2D eigenvalue weighted by Crippen LogP contribution is -2.37. The summed E-state index contributed by atoms with van der Waals surface area (Å²) in [6.07, 6.45) is -1.52. The maximum Gasteiger partial charge on any atom is 0.414 e. The van der Waals surface area contributed by atoms with Crippen molar-refractivity contribution in [3.8, 4) is 0 Å². The molecule has 2 amide bonds. The Kier molecular flexibility index (Phi) is 6.58. The number of hydrogen-bond donors (Lipinski definition) is 1. The SMILES string of the molecule is CC(C)(C)OC(=O)C1C2CN(c3c(F)cc(N4CC(CNC(=O)C(Cl)Cl)OC4=O)cc3F)CC21. The van der Waals surface area contributed by atoms with E-state index in [1.165, 1.54) is 0 Å². The van der Waals surface area contributed by atoms with Crippen molar-refractivity contribution in [1.82, 2.24) is 5.32 Å². The number of rotatable bonds is 6. The zero-order valence-corrected chi connectivity index (χ0v) is 20.3. The van der Waals surface area contributed by atoms with E-state index in [-0.39, 0.29) is 48.2 Å². The second-order valence-corrected chi connectivity index (χ2v) is 10.8. The number of cyclic esters (lactones) is 1. The Balaban J connectivity index is 1.39. The van der Waals surface area contributed by atoms with Crippen molar-refractivity contribution in [2.75, 3.05) is 36.0 Å². The highest BCUT2D eigenvalue weighted by Crippen LogP contribution is 2.54. The van der Waals surface area contributed by atoms with Crippen molar-refractivity contribution in [2.24, 2.45) is 17.8 Å². The number of amides is 2. The molecule has 4 rings (SSSR count). The van der Waals surface area contributed by atoms with E-state index in [9.17, 15) is 23.2 Å². The Morgan fingerprint density at radius 3 is 2.29 bits per heavy atom. The summed E-state index contributed by atoms with van der Waals surface area (Å²) < 4.78 is 40.5. The number of fused-ring (bicyclic) bond motifs is 1. The number of carbonyl (C=O) groups is 3. The molecule has 34 heavy (non-hydrogen) atoms. The summed E-state index contributed by atoms with van der Waals surface area (Å²) in [7, 11) is 0. The van der Waals surface area contributed by atoms with Crippen molar-refractivity contribution >= 4 is 52.5 Å². The number of nitrogens with zero attached hydrogens (tertiary/aromatic N) is 2. The van der Waals surface area contributed by atoms with E-state index < -0.39 is 40.2 Å². The minimum Gasteiger partial charge on any atom is -0.460 e. The molecule has 3 aliphatic rings. The van der Waals surface area contributed by atoms with Gasteiger partial charge in [-0.3, -0.25) is 14.5 Å². The molecular weight excluding hydrogens is 495 g/mol. The molecule has 0 radical (unpaired) electrons. The molecule has 3 unspecified atom stereocenters. The average molecular weight is 520 g/mol. The number of nitrogens with one attached hydrogen (secondary N) is 1. The lowest BCUT2D eigenvalue weighted by atomic mass is 10.1. The largest absolute Gasteiger partial charge is 0.460 e. The number of halogens is 4. The molecule has 2 heterocycles. The van der Waals surface area contributed by atoms with Gasteiger partial charge in [0.2, 0.25) is 0 Å². The molecule has 1 saturated carbocycles. The van der Waals surface area contributed by atoms with Crippen LogP contribution in [0.25, 0.3) is 0 Å². The molecular formula is C22H25Cl2F2N3O5. The first-order valence-electron chi connectivity index (χ1n) is 10.9. The number of carbonyl (C=O) groups excluding carboxylic acids is 3. The number of anilines is 2. The van der Waals surface area contributed by atoms with Gasteiger partial charge < -0.3 is 19.7 Å². The standard InChI is InChI=1S/C22H25Cl2F2N3O5/c1-22(2,3)34-20(31)16-12-8-28(9-13(12)16)17-14(25)4-10(5-15(17)26)29-7-11(33-21(29)32)6-27-19(30)18(23)24/h4-5,11-13,16,18H,6-9H2,1-3H3,(H,27,30). The molecule has 2 aliphatic heterocycles. The van der Waals surface area contributed by atoms with E-state index in [0.29, 0.717) is 13.1 Å². The van der Waals surface area contributed by atoms with Crippen molar-refractivity contribution in [3.63, 3.8) is 0 Å². The van der Waals surface area contributed by atoms with Gasteiger partial charge in [-0.15, -0.1) is 0 Å². The fourth-order valence-corrected chi connectivity index (χ4v) is 4.72. The van der Waals surface area contributed by atoms with E-state index >= 15 is 0 Å². The molecule has 186 valence electrons. The molecule has 0 spiro atoms. The number of hydrogen-bond acceptors (Lipinski definition) is 6. The van der Waals surface area contributed by atoms with E-state index in [0.717, 1.165) is 17.0 Å². The van der Waals surface area contributed by atoms with Crippen molar-refractivity contribution in [3.05, 3.63) is 23.8 Å². The van der Waals surface area contributed by atoms with Crippen LogP contribution in [0.2, 0.25) is 0 Å². The molecule has 0 aromatic heterocycles. The normalized spacial score (nSPS) is 25.9. The number of alkyl halides is 2. The first-order chi connectivity index (χ1) is 15.9. The van der Waals surface area contributed by atoms with Gasteiger partial charge in [0.1, 0.15) is 17.4 Å². The Bertz CT molecular complexity index is 984. The van der Waals surface area contributed by atoms with Crippen LogP contribution in [-0.2, 0) is 19.1 Å². The monoisotopic (exact) mass is 519 g/mol. The van der Waals surface area contributed by atoms with Crippen molar-refractivity contribution in [2.45, 2.75) is 37.3 Å². The summed E-state index contributed by atoms with van der Waals surface area (Å²) in [6, 6.07) is 2.15. The highest BCUT2D eigenvalue weighted by molar-refractivity contribution is 6.53. The molecule has 1 N–H and O–H groups in total. The van der Waals surface area contributed by atoms with Crippen LogP contribution < -0.4 is 15.1 Å². The van der Waals surface area contributed by atoms with Gasteiger partial charge in [-0.25, -0.2) is 13.6 Å². The van der Waals surface area contributed by atoms with Gasteiger partial charge in [0.15, 0.2) is 16.5 Å². The Morgan fingerprint density at radius 2 is 1.76 bits per heavy atom. The molecule has 1 aromatic carbocycles. The van der Waals surface area contributed by atoms with Gasteiger partial charge in [0.25, 0.3) is 5.91 Å². The summed E-state index contributed by atoms with van der Waals surface area (Å²) in [5.41, 5.74) is -0.772. The highest BCUT2D eigenvalue weighted by atomic mass is 35.5. The summed E-state index contributed by atoms with van der Waals surface area (Å²) in [5.74, 6) is -2.80. The topological polar surface area (TPSA) is 88.2 Å². The summed E-state index contributed by atoms with van der Waals surface area (Å²) >= 11 is 10.9. The number of esters is 1. The molecule has 3 fully saturated rings. The third-order valence-electron chi connectivity index (χ3n) is 6.08. The van der Waals surface area contributed by atoms with Crippen LogP contribution in [0.3, 0.4) is 0 Å². The molecule has 2 saturated heterocycles. The zero-order chi connectivity index (χ0) is 24.9. The Morgan fingerprint density at radius 1 is 1.18 bits per heavy atom. The summed E-state index contributed by atoms with van der Waals surface area (Å²) in [4.78, 5) is 37.4. The predicted molar refractivity (Wildman–Crippen MR) is 121 cm³/mol. The first-order valence-corrected chi connectivity index (χ1v) is 11.7. The minimum atomic E-state index is -1.26. The van der Waals surface area contributed by atoms with Crippen LogP contribution in [0.5, 0.6) is 0 Å². The molecule has 3 atom stereocenters. The molecule has 8 nitrogen and oxygen atoms in total. The molecule has 12 heteroatoms. The van der Waals surface area contributed by atoms with Gasteiger partial charge in [-0.2, -0.15) is 0 Å². The van der Waals surface area contributed by atoms with Gasteiger partial charge in [0, 0.05) is 25.2 Å². The van der Waals surface area contributed by atoms with E-state index in [2.05, 4.69) is 5.32 Å². The highest BCUT2D eigenvalue weighted by Gasteiger charge is 2.61. The van der Waals surface area contributed by atoms with Crippen LogP contribution in [0.4, 0.5) is 25.0 Å². The predicted octanol–water partition coefficient (Wildman–Crippen LogP) is 3.23. The van der Waals surface area contributed by atoms with Crippen LogP contribution >= 0.6 is 23.2 Å².